The monoisotopic (exact) mass is 393 g/mol. The molecule has 21 heavy (non-hydrogen) atoms. The van der Waals surface area contributed by atoms with Crippen LogP contribution in [0.4, 0.5) is 10.1 Å². The Hall–Kier alpha value is -1.31. The molecule has 112 valence electrons. The molecule has 0 spiro atoms. The van der Waals surface area contributed by atoms with E-state index in [1.807, 2.05) is 0 Å². The molecule has 0 saturated carbocycles. The Balaban J connectivity index is 2.44. The molecule has 8 heteroatoms. The van der Waals surface area contributed by atoms with E-state index in [0.717, 1.165) is 6.07 Å². The molecule has 1 N–H and O–H groups in total. The number of methoxy groups -OCH3 is 1. The van der Waals surface area contributed by atoms with Gasteiger partial charge in [-0.2, -0.15) is 0 Å². The van der Waals surface area contributed by atoms with Gasteiger partial charge in [0.1, 0.15) is 16.5 Å². The summed E-state index contributed by atoms with van der Waals surface area (Å²) in [5.41, 5.74) is 0.132. The van der Waals surface area contributed by atoms with Gasteiger partial charge in [0, 0.05) is 9.50 Å². The smallest absolute Gasteiger partial charge is 0.264 e. The quantitative estimate of drug-likeness (QED) is 0.851. The average molecular weight is 395 g/mol. The van der Waals surface area contributed by atoms with Crippen LogP contribution in [0.1, 0.15) is 0 Å². The van der Waals surface area contributed by atoms with Crippen LogP contribution in [0.2, 0.25) is 5.02 Å². The minimum Gasteiger partial charge on any atom is -0.495 e. The lowest BCUT2D eigenvalue weighted by atomic mass is 10.3. The maximum Gasteiger partial charge on any atom is 0.264 e. The van der Waals surface area contributed by atoms with Crippen molar-refractivity contribution < 1.29 is 17.5 Å². The zero-order valence-corrected chi connectivity index (χ0v) is 13.9. The molecule has 0 aromatic heterocycles. The predicted molar refractivity (Wildman–Crippen MR) is 82.9 cm³/mol. The number of benzene rings is 2. The zero-order chi connectivity index (χ0) is 15.6. The molecule has 0 bridgehead atoms. The Morgan fingerprint density at radius 2 is 1.95 bits per heavy atom. The molecule has 0 fully saturated rings. The molecule has 0 unspecified atom stereocenters. The first-order valence-corrected chi connectivity index (χ1v) is 8.30. The summed E-state index contributed by atoms with van der Waals surface area (Å²) in [5.74, 6) is -0.585. The predicted octanol–water partition coefficient (Wildman–Crippen LogP) is 4.05. The topological polar surface area (TPSA) is 55.4 Å². The fourth-order valence-electron chi connectivity index (χ4n) is 1.65. The molecule has 4 nitrogen and oxygen atoms in total. The van der Waals surface area contributed by atoms with Crippen molar-refractivity contribution in [2.75, 3.05) is 11.8 Å². The molecule has 2 aromatic rings. The maximum absolute atomic E-state index is 13.8. The first kappa shape index (κ1) is 16.1. The van der Waals surface area contributed by atoms with Crippen LogP contribution in [0.3, 0.4) is 0 Å². The van der Waals surface area contributed by atoms with E-state index in [1.54, 1.807) is 6.07 Å². The van der Waals surface area contributed by atoms with Crippen molar-refractivity contribution in [1.29, 1.82) is 0 Å². The first-order chi connectivity index (χ1) is 9.83. The lowest BCUT2D eigenvalue weighted by Crippen LogP contribution is -2.15. The Labute approximate surface area is 135 Å². The highest BCUT2D eigenvalue weighted by Crippen LogP contribution is 2.30. The van der Waals surface area contributed by atoms with Crippen LogP contribution in [0.25, 0.3) is 0 Å². The van der Waals surface area contributed by atoms with Crippen molar-refractivity contribution in [2.24, 2.45) is 0 Å². The van der Waals surface area contributed by atoms with Crippen LogP contribution >= 0.6 is 27.5 Å². The van der Waals surface area contributed by atoms with Crippen molar-refractivity contribution >= 4 is 43.2 Å². The molecule has 0 aliphatic carbocycles. The average Bonchev–Trinajstić information content (AvgIpc) is 2.37. The number of nitrogens with one attached hydrogen (secondary N) is 1. The molecular weight excluding hydrogens is 385 g/mol. The molecule has 0 aliphatic rings. The highest BCUT2D eigenvalue weighted by molar-refractivity contribution is 9.10. The van der Waals surface area contributed by atoms with Gasteiger partial charge in [-0.05, 0) is 36.4 Å². The van der Waals surface area contributed by atoms with E-state index in [2.05, 4.69) is 20.7 Å². The molecule has 0 heterocycles. The highest BCUT2D eigenvalue weighted by atomic mass is 79.9. The number of rotatable bonds is 4. The van der Waals surface area contributed by atoms with Crippen LogP contribution in [0.15, 0.2) is 45.8 Å². The van der Waals surface area contributed by atoms with Gasteiger partial charge < -0.3 is 4.74 Å². The molecule has 0 aliphatic heterocycles. The molecule has 0 amide bonds. The zero-order valence-electron chi connectivity index (χ0n) is 10.7. The Kier molecular flexibility index (Phi) is 4.75. The third-order valence-corrected chi connectivity index (χ3v) is 4.72. The lowest BCUT2D eigenvalue weighted by Gasteiger charge is -2.12. The third kappa shape index (κ3) is 3.66. The van der Waals surface area contributed by atoms with Gasteiger partial charge >= 0.3 is 0 Å². The number of sulfonamides is 1. The summed E-state index contributed by atoms with van der Waals surface area (Å²) in [6.07, 6.45) is 0. The normalized spacial score (nSPS) is 11.2. The van der Waals surface area contributed by atoms with Gasteiger partial charge in [0.05, 0.1) is 12.8 Å². The molecule has 0 saturated heterocycles. The largest absolute Gasteiger partial charge is 0.495 e. The summed E-state index contributed by atoms with van der Waals surface area (Å²) in [7, 11) is -2.70. The van der Waals surface area contributed by atoms with E-state index < -0.39 is 20.7 Å². The molecular formula is C13H10BrClFNO3S. The van der Waals surface area contributed by atoms with E-state index in [0.29, 0.717) is 9.50 Å². The van der Waals surface area contributed by atoms with Crippen molar-refractivity contribution in [1.82, 2.24) is 0 Å². The van der Waals surface area contributed by atoms with Crippen LogP contribution in [0.5, 0.6) is 5.75 Å². The third-order valence-electron chi connectivity index (χ3n) is 2.59. The lowest BCUT2D eigenvalue weighted by molar-refractivity contribution is 0.417. The van der Waals surface area contributed by atoms with Gasteiger partial charge in [0.25, 0.3) is 10.0 Å². The van der Waals surface area contributed by atoms with E-state index >= 15 is 0 Å². The second-order valence-electron chi connectivity index (χ2n) is 4.02. The minimum absolute atomic E-state index is 0.132. The minimum atomic E-state index is -4.09. The molecule has 2 aromatic carbocycles. The van der Waals surface area contributed by atoms with Crippen LogP contribution in [-0.4, -0.2) is 15.5 Å². The number of hydrogen-bond acceptors (Lipinski definition) is 3. The van der Waals surface area contributed by atoms with Crippen molar-refractivity contribution in [3.05, 3.63) is 51.7 Å². The standard InChI is InChI=1S/C13H10BrClFNO3S/c1-20-12-4-3-9(15)7-11(12)17-21(18,19)13-5-2-8(14)6-10(13)16/h2-7,17H,1H3. The van der Waals surface area contributed by atoms with Crippen molar-refractivity contribution in [2.45, 2.75) is 4.90 Å². The first-order valence-electron chi connectivity index (χ1n) is 5.65. The SMILES string of the molecule is COc1ccc(Cl)cc1NS(=O)(=O)c1ccc(Br)cc1F. The van der Waals surface area contributed by atoms with Crippen molar-refractivity contribution in [3.63, 3.8) is 0 Å². The second kappa shape index (κ2) is 6.21. The van der Waals surface area contributed by atoms with Crippen LogP contribution in [-0.2, 0) is 10.0 Å². The number of hydrogen-bond donors (Lipinski definition) is 1. The van der Waals surface area contributed by atoms with Gasteiger partial charge in [-0.25, -0.2) is 12.8 Å². The summed E-state index contributed by atoms with van der Waals surface area (Å²) in [6.45, 7) is 0. The molecule has 0 atom stereocenters. The van der Waals surface area contributed by atoms with E-state index in [-0.39, 0.29) is 11.4 Å². The van der Waals surface area contributed by atoms with Gasteiger partial charge in [-0.3, -0.25) is 4.72 Å². The summed E-state index contributed by atoms with van der Waals surface area (Å²) in [5, 5.41) is 0.324. The Morgan fingerprint density at radius 3 is 2.57 bits per heavy atom. The summed E-state index contributed by atoms with van der Waals surface area (Å²) in [4.78, 5) is -0.465. The van der Waals surface area contributed by atoms with E-state index in [4.69, 9.17) is 16.3 Å². The fourth-order valence-corrected chi connectivity index (χ4v) is 3.28. The summed E-state index contributed by atoms with van der Waals surface area (Å²) < 4.78 is 46.1. The highest BCUT2D eigenvalue weighted by Gasteiger charge is 2.21. The summed E-state index contributed by atoms with van der Waals surface area (Å²) in [6, 6.07) is 8.13. The van der Waals surface area contributed by atoms with Gasteiger partial charge in [-0.15, -0.1) is 0 Å². The number of halogens is 3. The molecule has 0 radical (unpaired) electrons. The Morgan fingerprint density at radius 1 is 1.24 bits per heavy atom. The van der Waals surface area contributed by atoms with Crippen molar-refractivity contribution in [3.8, 4) is 5.75 Å². The van der Waals surface area contributed by atoms with E-state index in [9.17, 15) is 12.8 Å². The fraction of sp³-hybridized carbons (Fsp3) is 0.0769. The number of ether oxygens (including phenoxy) is 1. The summed E-state index contributed by atoms with van der Waals surface area (Å²) >= 11 is 8.90. The molecule has 2 rings (SSSR count). The Bertz CT molecular complexity index is 783. The number of anilines is 1. The van der Waals surface area contributed by atoms with Crippen LogP contribution < -0.4 is 9.46 Å². The maximum atomic E-state index is 13.8. The van der Waals surface area contributed by atoms with Gasteiger partial charge in [-0.1, -0.05) is 27.5 Å². The van der Waals surface area contributed by atoms with Gasteiger partial charge in [0.2, 0.25) is 0 Å². The second-order valence-corrected chi connectivity index (χ2v) is 7.03. The van der Waals surface area contributed by atoms with Gasteiger partial charge in [0.15, 0.2) is 0 Å². The van der Waals surface area contributed by atoms with E-state index in [1.165, 1.54) is 31.4 Å². The van der Waals surface area contributed by atoms with Crippen LogP contribution in [0, 0.1) is 5.82 Å².